The molecule has 2 rings (SSSR count). The molecule has 0 saturated heterocycles. The van der Waals surface area contributed by atoms with E-state index in [1.165, 1.54) is 12.3 Å². The fourth-order valence-electron chi connectivity index (χ4n) is 1.37. The van der Waals surface area contributed by atoms with Crippen LogP contribution >= 0.6 is 11.6 Å². The molecule has 0 aliphatic heterocycles. The Hall–Kier alpha value is -2.29. The number of hydrogen-bond donors (Lipinski definition) is 2. The molecular weight excluding hydrogens is 266 g/mol. The molecule has 0 saturated carbocycles. The Balaban J connectivity index is 2.22. The van der Waals surface area contributed by atoms with Gasteiger partial charge in [-0.1, -0.05) is 28.6 Å². The molecule has 0 radical (unpaired) electrons. The fraction of sp³-hybridized carbons (Fsp3) is 0.0769. The maximum absolute atomic E-state index is 11.8. The van der Waals surface area contributed by atoms with E-state index in [1.54, 1.807) is 18.2 Å². The van der Waals surface area contributed by atoms with Crippen LogP contribution in [-0.2, 0) is 0 Å². The maximum Gasteiger partial charge on any atom is 0.294 e. The van der Waals surface area contributed by atoms with Gasteiger partial charge in [-0.05, 0) is 18.2 Å². The second kappa shape index (κ2) is 6.05. The minimum Gasteiger partial charge on any atom is -0.351 e. The number of anilines is 1. The van der Waals surface area contributed by atoms with Crippen LogP contribution in [0.1, 0.15) is 16.1 Å². The summed E-state index contributed by atoms with van der Waals surface area (Å²) in [4.78, 5) is 11.8. The summed E-state index contributed by atoms with van der Waals surface area (Å²) in [5, 5.41) is 6.49. The van der Waals surface area contributed by atoms with Gasteiger partial charge in [0.05, 0.1) is 23.5 Å². The topological polar surface area (TPSA) is 81.1 Å². The molecule has 2 aromatic rings. The number of amides is 1. The highest BCUT2D eigenvalue weighted by atomic mass is 35.5. The Morgan fingerprint density at radius 1 is 1.47 bits per heavy atom. The fourth-order valence-corrected chi connectivity index (χ4v) is 1.53. The van der Waals surface area contributed by atoms with Gasteiger partial charge in [-0.25, -0.2) is 0 Å². The first kappa shape index (κ1) is 13.1. The maximum atomic E-state index is 11.8. The monoisotopic (exact) mass is 275 g/mol. The molecule has 3 N–H and O–H groups in total. The molecule has 0 spiro atoms. The third-order valence-corrected chi connectivity index (χ3v) is 2.54. The first-order valence-electron chi connectivity index (χ1n) is 5.41. The molecule has 0 atom stereocenters. The summed E-state index contributed by atoms with van der Waals surface area (Å²) in [6, 6.07) is 6.52. The number of benzene rings is 1. The van der Waals surface area contributed by atoms with Crippen molar-refractivity contribution in [1.29, 1.82) is 0 Å². The summed E-state index contributed by atoms with van der Waals surface area (Å²) in [5.74, 6) is 5.26. The zero-order valence-electron chi connectivity index (χ0n) is 9.81. The highest BCUT2D eigenvalue weighted by Gasteiger charge is 2.11. The van der Waals surface area contributed by atoms with E-state index in [1.807, 2.05) is 0 Å². The first-order valence-corrected chi connectivity index (χ1v) is 5.79. The van der Waals surface area contributed by atoms with Crippen molar-refractivity contribution in [3.8, 4) is 11.8 Å². The van der Waals surface area contributed by atoms with Gasteiger partial charge in [-0.15, -0.1) is 0 Å². The Morgan fingerprint density at radius 2 is 2.32 bits per heavy atom. The Labute approximate surface area is 114 Å². The number of carbonyl (C=O) groups excluding carboxylic acids is 1. The molecule has 96 valence electrons. The molecule has 6 heteroatoms. The van der Waals surface area contributed by atoms with Gasteiger partial charge in [0.15, 0.2) is 0 Å². The van der Waals surface area contributed by atoms with Crippen molar-refractivity contribution >= 4 is 23.2 Å². The summed E-state index contributed by atoms with van der Waals surface area (Å²) < 4.78 is 4.75. The van der Waals surface area contributed by atoms with Gasteiger partial charge in [0.1, 0.15) is 0 Å². The lowest BCUT2D eigenvalue weighted by atomic mass is 10.2. The lowest BCUT2D eigenvalue weighted by Crippen LogP contribution is -2.11. The summed E-state index contributed by atoms with van der Waals surface area (Å²) in [7, 11) is 0. The number of rotatable bonds is 2. The zero-order chi connectivity index (χ0) is 13.7. The largest absolute Gasteiger partial charge is 0.351 e. The number of carbonyl (C=O) groups is 1. The van der Waals surface area contributed by atoms with Crippen LogP contribution in [0.3, 0.4) is 0 Å². The van der Waals surface area contributed by atoms with E-state index >= 15 is 0 Å². The highest BCUT2D eigenvalue weighted by molar-refractivity contribution is 6.33. The predicted molar refractivity (Wildman–Crippen MR) is 71.8 cm³/mol. The molecule has 1 aromatic carbocycles. The highest BCUT2D eigenvalue weighted by Crippen LogP contribution is 2.23. The molecule has 1 amide bonds. The minimum atomic E-state index is -0.427. The minimum absolute atomic E-state index is 0.106. The van der Waals surface area contributed by atoms with Gasteiger partial charge in [0, 0.05) is 11.6 Å². The SMILES string of the molecule is NCC#Cc1ccc(Cl)c(NC(=O)c2ccno2)c1. The number of nitrogens with zero attached hydrogens (tertiary/aromatic N) is 1. The van der Waals surface area contributed by atoms with Gasteiger partial charge in [0.2, 0.25) is 5.76 Å². The van der Waals surface area contributed by atoms with Crippen LogP contribution in [0.2, 0.25) is 5.02 Å². The molecule has 19 heavy (non-hydrogen) atoms. The molecule has 5 nitrogen and oxygen atoms in total. The van der Waals surface area contributed by atoms with Crippen molar-refractivity contribution in [3.63, 3.8) is 0 Å². The molecule has 0 aliphatic rings. The van der Waals surface area contributed by atoms with Crippen LogP contribution in [0, 0.1) is 11.8 Å². The normalized spacial score (nSPS) is 9.58. The van der Waals surface area contributed by atoms with E-state index in [-0.39, 0.29) is 12.3 Å². The number of halogens is 1. The molecule has 0 unspecified atom stereocenters. The van der Waals surface area contributed by atoms with Gasteiger partial charge in [0.25, 0.3) is 5.91 Å². The molecule has 1 aromatic heterocycles. The number of nitrogens with one attached hydrogen (secondary N) is 1. The standard InChI is InChI=1S/C13H10ClN3O2/c14-10-4-3-9(2-1-6-15)8-11(10)17-13(18)12-5-7-16-19-12/h3-5,7-8H,6,15H2,(H,17,18). The third kappa shape index (κ3) is 3.35. The van der Waals surface area contributed by atoms with Crippen LogP contribution in [0.5, 0.6) is 0 Å². The summed E-state index contributed by atoms with van der Waals surface area (Å²) in [6.45, 7) is 0.266. The Bertz CT molecular complexity index is 642. The van der Waals surface area contributed by atoms with Gasteiger partial charge >= 0.3 is 0 Å². The smallest absolute Gasteiger partial charge is 0.294 e. The lowest BCUT2D eigenvalue weighted by molar-refractivity contribution is 0.0988. The number of nitrogens with two attached hydrogens (primary N) is 1. The van der Waals surface area contributed by atoms with Crippen molar-refractivity contribution in [3.05, 3.63) is 46.8 Å². The van der Waals surface area contributed by atoms with E-state index in [0.29, 0.717) is 16.3 Å². The molecule has 0 bridgehead atoms. The average molecular weight is 276 g/mol. The van der Waals surface area contributed by atoms with E-state index < -0.39 is 5.91 Å². The van der Waals surface area contributed by atoms with Crippen LogP contribution in [0.4, 0.5) is 5.69 Å². The van der Waals surface area contributed by atoms with Crippen LogP contribution in [0.15, 0.2) is 35.0 Å². The van der Waals surface area contributed by atoms with E-state index in [0.717, 1.165) is 0 Å². The first-order chi connectivity index (χ1) is 9.20. The molecule has 0 aliphatic carbocycles. The molecule has 1 heterocycles. The van der Waals surface area contributed by atoms with Crippen LogP contribution in [0.25, 0.3) is 0 Å². The second-order valence-corrected chi connectivity index (χ2v) is 3.94. The van der Waals surface area contributed by atoms with Crippen molar-refractivity contribution < 1.29 is 9.32 Å². The summed E-state index contributed by atoms with van der Waals surface area (Å²) in [5.41, 5.74) is 6.46. The van der Waals surface area contributed by atoms with Gasteiger partial charge in [-0.3, -0.25) is 4.79 Å². The summed E-state index contributed by atoms with van der Waals surface area (Å²) in [6.07, 6.45) is 1.39. The zero-order valence-corrected chi connectivity index (χ0v) is 10.6. The van der Waals surface area contributed by atoms with Crippen molar-refractivity contribution in [2.75, 3.05) is 11.9 Å². The van der Waals surface area contributed by atoms with Crippen LogP contribution < -0.4 is 11.1 Å². The van der Waals surface area contributed by atoms with Crippen molar-refractivity contribution in [2.24, 2.45) is 5.73 Å². The van der Waals surface area contributed by atoms with Gasteiger partial charge in [-0.2, -0.15) is 0 Å². The van der Waals surface area contributed by atoms with E-state index in [9.17, 15) is 4.79 Å². The molecule has 0 fully saturated rings. The average Bonchev–Trinajstić information content (AvgIpc) is 2.93. The number of aromatic nitrogens is 1. The van der Waals surface area contributed by atoms with Crippen molar-refractivity contribution in [1.82, 2.24) is 5.16 Å². The van der Waals surface area contributed by atoms with E-state index in [4.69, 9.17) is 21.9 Å². The van der Waals surface area contributed by atoms with Crippen molar-refractivity contribution in [2.45, 2.75) is 0 Å². The lowest BCUT2D eigenvalue weighted by Gasteiger charge is -2.05. The van der Waals surface area contributed by atoms with E-state index in [2.05, 4.69) is 22.3 Å². The molecular formula is C13H10ClN3O2. The Kier molecular flexibility index (Phi) is 4.18. The second-order valence-electron chi connectivity index (χ2n) is 3.53. The predicted octanol–water partition coefficient (Wildman–Crippen LogP) is 1.89. The Morgan fingerprint density at radius 3 is 3.00 bits per heavy atom. The number of hydrogen-bond acceptors (Lipinski definition) is 4. The van der Waals surface area contributed by atoms with Crippen LogP contribution in [-0.4, -0.2) is 17.6 Å². The third-order valence-electron chi connectivity index (χ3n) is 2.21. The van der Waals surface area contributed by atoms with Gasteiger partial charge < -0.3 is 15.6 Å². The summed E-state index contributed by atoms with van der Waals surface area (Å²) >= 11 is 6.00. The quantitative estimate of drug-likeness (QED) is 0.820.